The molecule has 2 nitrogen and oxygen atoms in total. The largest absolute Gasteiger partial charge is 0.314 e. The lowest BCUT2D eigenvalue weighted by Gasteiger charge is -2.38. The minimum absolute atomic E-state index is 0.687. The van der Waals surface area contributed by atoms with Gasteiger partial charge in [-0.05, 0) is 31.4 Å². The molecule has 1 aromatic heterocycles. The van der Waals surface area contributed by atoms with Gasteiger partial charge in [-0.25, -0.2) is 0 Å². The fraction of sp³-hybridized carbons (Fsp3) is 0.714. The predicted molar refractivity (Wildman–Crippen MR) is 75.7 cm³/mol. The second-order valence-electron chi connectivity index (χ2n) is 5.44. The highest BCUT2D eigenvalue weighted by molar-refractivity contribution is 7.12. The van der Waals surface area contributed by atoms with Gasteiger partial charge in [-0.1, -0.05) is 13.8 Å². The van der Waals surface area contributed by atoms with Crippen molar-refractivity contribution in [3.63, 3.8) is 0 Å². The molecule has 1 atom stereocenters. The van der Waals surface area contributed by atoms with Crippen LogP contribution in [0.4, 0.5) is 0 Å². The first-order chi connectivity index (χ1) is 8.08. The summed E-state index contributed by atoms with van der Waals surface area (Å²) in [7, 11) is 0. The Kier molecular flexibility index (Phi) is 4.23. The van der Waals surface area contributed by atoms with Crippen molar-refractivity contribution < 1.29 is 0 Å². The number of piperazine rings is 1. The molecule has 1 aromatic rings. The van der Waals surface area contributed by atoms with Gasteiger partial charge in [-0.3, -0.25) is 4.90 Å². The molecule has 1 N–H and O–H groups in total. The molecule has 2 rings (SSSR count). The van der Waals surface area contributed by atoms with Crippen LogP contribution in [0.2, 0.25) is 0 Å². The summed E-state index contributed by atoms with van der Waals surface area (Å²) in [5.74, 6) is 0.727. The van der Waals surface area contributed by atoms with Crippen molar-refractivity contribution in [2.45, 2.75) is 40.3 Å². The van der Waals surface area contributed by atoms with Crippen molar-refractivity contribution in [1.29, 1.82) is 0 Å². The Labute approximate surface area is 109 Å². The summed E-state index contributed by atoms with van der Waals surface area (Å²) in [5.41, 5.74) is 1.45. The van der Waals surface area contributed by atoms with Crippen molar-refractivity contribution in [1.82, 2.24) is 10.2 Å². The Morgan fingerprint density at radius 2 is 2.24 bits per heavy atom. The lowest BCUT2D eigenvalue weighted by atomic mass is 10.0. The second kappa shape index (κ2) is 5.51. The molecule has 0 aromatic carbocycles. The van der Waals surface area contributed by atoms with Gasteiger partial charge in [-0.15, -0.1) is 11.3 Å². The van der Waals surface area contributed by atoms with E-state index in [4.69, 9.17) is 0 Å². The summed E-state index contributed by atoms with van der Waals surface area (Å²) in [4.78, 5) is 5.63. The molecule has 1 aliphatic heterocycles. The second-order valence-corrected chi connectivity index (χ2v) is 6.78. The molecule has 1 fully saturated rings. The number of aryl methyl sites for hydroxylation is 2. The third-order valence-corrected chi connectivity index (χ3v) is 4.88. The fourth-order valence-electron chi connectivity index (χ4n) is 2.55. The first kappa shape index (κ1) is 13.1. The Morgan fingerprint density at radius 1 is 1.47 bits per heavy atom. The van der Waals surface area contributed by atoms with E-state index >= 15 is 0 Å². The molecule has 1 saturated heterocycles. The summed E-state index contributed by atoms with van der Waals surface area (Å²) in [6.07, 6.45) is 0. The highest BCUT2D eigenvalue weighted by atomic mass is 32.1. The van der Waals surface area contributed by atoms with Crippen LogP contribution >= 0.6 is 11.3 Å². The van der Waals surface area contributed by atoms with Gasteiger partial charge in [0.1, 0.15) is 0 Å². The molecule has 96 valence electrons. The van der Waals surface area contributed by atoms with E-state index in [1.165, 1.54) is 21.9 Å². The number of nitrogens with one attached hydrogen (secondary N) is 1. The third-order valence-electron chi connectivity index (χ3n) is 3.74. The first-order valence-corrected chi connectivity index (χ1v) is 7.40. The molecule has 0 aliphatic carbocycles. The first-order valence-electron chi connectivity index (χ1n) is 6.58. The van der Waals surface area contributed by atoms with E-state index in [1.54, 1.807) is 0 Å². The summed E-state index contributed by atoms with van der Waals surface area (Å²) in [6.45, 7) is 13.7. The number of hydrogen-bond acceptors (Lipinski definition) is 3. The Balaban J connectivity index is 2.05. The van der Waals surface area contributed by atoms with Gasteiger partial charge in [0.2, 0.25) is 0 Å². The van der Waals surface area contributed by atoms with Gasteiger partial charge in [0.05, 0.1) is 0 Å². The molecule has 0 amide bonds. The van der Waals surface area contributed by atoms with Crippen molar-refractivity contribution in [3.05, 3.63) is 21.4 Å². The van der Waals surface area contributed by atoms with Crippen molar-refractivity contribution in [3.8, 4) is 0 Å². The summed E-state index contributed by atoms with van der Waals surface area (Å²) < 4.78 is 0. The molecule has 0 saturated carbocycles. The zero-order chi connectivity index (χ0) is 12.4. The van der Waals surface area contributed by atoms with Crippen LogP contribution < -0.4 is 5.32 Å². The Morgan fingerprint density at radius 3 is 2.82 bits per heavy atom. The molecule has 2 heterocycles. The standard InChI is InChI=1S/C14H24N2S/c1-10(2)14-8-15-5-6-16(14)9-13-7-11(3)12(4)17-13/h7,10,14-15H,5-6,8-9H2,1-4H3. The van der Waals surface area contributed by atoms with Crippen molar-refractivity contribution >= 4 is 11.3 Å². The molecule has 3 heteroatoms. The smallest absolute Gasteiger partial charge is 0.0332 e. The Hall–Kier alpha value is -0.380. The quantitative estimate of drug-likeness (QED) is 0.890. The van der Waals surface area contributed by atoms with Gasteiger partial charge in [0.25, 0.3) is 0 Å². The average molecular weight is 252 g/mol. The zero-order valence-corrected chi connectivity index (χ0v) is 12.2. The number of thiophene rings is 1. The highest BCUT2D eigenvalue weighted by Gasteiger charge is 2.25. The van der Waals surface area contributed by atoms with Crippen LogP contribution in [0, 0.1) is 19.8 Å². The monoisotopic (exact) mass is 252 g/mol. The van der Waals surface area contributed by atoms with Crippen LogP contribution in [0.3, 0.4) is 0 Å². The fourth-order valence-corrected chi connectivity index (χ4v) is 3.63. The number of nitrogens with zero attached hydrogens (tertiary/aromatic N) is 1. The predicted octanol–water partition coefficient (Wildman–Crippen LogP) is 2.79. The molecular formula is C14H24N2S. The number of rotatable bonds is 3. The van der Waals surface area contributed by atoms with Crippen molar-refractivity contribution in [2.24, 2.45) is 5.92 Å². The van der Waals surface area contributed by atoms with E-state index in [-0.39, 0.29) is 0 Å². The van der Waals surface area contributed by atoms with E-state index < -0.39 is 0 Å². The minimum atomic E-state index is 0.687. The van der Waals surface area contributed by atoms with Crippen LogP contribution in [-0.4, -0.2) is 30.6 Å². The maximum absolute atomic E-state index is 3.51. The van der Waals surface area contributed by atoms with Crippen LogP contribution in [-0.2, 0) is 6.54 Å². The summed E-state index contributed by atoms with van der Waals surface area (Å²) in [6, 6.07) is 3.05. The highest BCUT2D eigenvalue weighted by Crippen LogP contribution is 2.24. The van der Waals surface area contributed by atoms with Crippen LogP contribution in [0.5, 0.6) is 0 Å². The Bertz CT molecular complexity index is 351. The van der Waals surface area contributed by atoms with E-state index in [1.807, 2.05) is 11.3 Å². The zero-order valence-electron chi connectivity index (χ0n) is 11.4. The molecule has 1 aliphatic rings. The lowest BCUT2D eigenvalue weighted by Crippen LogP contribution is -2.52. The van der Waals surface area contributed by atoms with Crippen LogP contribution in [0.1, 0.15) is 29.2 Å². The maximum Gasteiger partial charge on any atom is 0.0332 e. The third kappa shape index (κ3) is 3.09. The normalized spacial score (nSPS) is 22.3. The summed E-state index contributed by atoms with van der Waals surface area (Å²) >= 11 is 1.96. The van der Waals surface area contributed by atoms with Gasteiger partial charge in [0.15, 0.2) is 0 Å². The van der Waals surface area contributed by atoms with Gasteiger partial charge >= 0.3 is 0 Å². The molecule has 0 bridgehead atoms. The summed E-state index contributed by atoms with van der Waals surface area (Å²) in [5, 5.41) is 3.51. The molecule has 0 spiro atoms. The van der Waals surface area contributed by atoms with E-state index in [9.17, 15) is 0 Å². The van der Waals surface area contributed by atoms with Crippen LogP contribution in [0.25, 0.3) is 0 Å². The van der Waals surface area contributed by atoms with Gasteiger partial charge in [-0.2, -0.15) is 0 Å². The molecular weight excluding hydrogens is 228 g/mol. The lowest BCUT2D eigenvalue weighted by molar-refractivity contribution is 0.118. The minimum Gasteiger partial charge on any atom is -0.314 e. The van der Waals surface area contributed by atoms with Crippen LogP contribution in [0.15, 0.2) is 6.07 Å². The molecule has 1 unspecified atom stereocenters. The SMILES string of the molecule is Cc1cc(CN2CCNCC2C(C)C)sc1C. The van der Waals surface area contributed by atoms with E-state index in [2.05, 4.69) is 44.0 Å². The van der Waals surface area contributed by atoms with E-state index in [0.29, 0.717) is 6.04 Å². The average Bonchev–Trinajstić information content (AvgIpc) is 2.58. The van der Waals surface area contributed by atoms with Crippen molar-refractivity contribution in [2.75, 3.05) is 19.6 Å². The topological polar surface area (TPSA) is 15.3 Å². The molecule has 0 radical (unpaired) electrons. The van der Waals surface area contributed by atoms with Gasteiger partial charge in [0, 0.05) is 42.0 Å². The maximum atomic E-state index is 3.51. The number of hydrogen-bond donors (Lipinski definition) is 1. The van der Waals surface area contributed by atoms with E-state index in [0.717, 1.165) is 25.6 Å². The van der Waals surface area contributed by atoms with Gasteiger partial charge < -0.3 is 5.32 Å². The molecule has 17 heavy (non-hydrogen) atoms.